The van der Waals surface area contributed by atoms with E-state index in [0.717, 1.165) is 22.4 Å². The normalized spacial score (nSPS) is 10.8. The van der Waals surface area contributed by atoms with Gasteiger partial charge in [-0.15, -0.1) is 0 Å². The van der Waals surface area contributed by atoms with E-state index in [4.69, 9.17) is 14.2 Å². The molecule has 0 spiro atoms. The molecule has 1 aromatic heterocycles. The van der Waals surface area contributed by atoms with Gasteiger partial charge in [0, 0.05) is 24.1 Å². The van der Waals surface area contributed by atoms with Gasteiger partial charge in [-0.2, -0.15) is 0 Å². The van der Waals surface area contributed by atoms with Crippen molar-refractivity contribution < 1.29 is 19.0 Å². The lowest BCUT2D eigenvalue weighted by atomic mass is 10.0. The first-order valence-corrected chi connectivity index (χ1v) is 9.74. The summed E-state index contributed by atoms with van der Waals surface area (Å²) < 4.78 is 16.5. The Morgan fingerprint density at radius 2 is 1.77 bits per heavy atom. The Kier molecular flexibility index (Phi) is 6.40. The van der Waals surface area contributed by atoms with Crippen molar-refractivity contribution in [1.29, 1.82) is 0 Å². The van der Waals surface area contributed by atoms with E-state index in [9.17, 15) is 9.59 Å². The predicted molar refractivity (Wildman–Crippen MR) is 116 cm³/mol. The van der Waals surface area contributed by atoms with Gasteiger partial charge in [-0.1, -0.05) is 0 Å². The van der Waals surface area contributed by atoms with Crippen molar-refractivity contribution in [3.63, 3.8) is 0 Å². The summed E-state index contributed by atoms with van der Waals surface area (Å²) in [6.45, 7) is 5.95. The Morgan fingerprint density at radius 3 is 2.37 bits per heavy atom. The van der Waals surface area contributed by atoms with Crippen LogP contribution in [0.3, 0.4) is 0 Å². The summed E-state index contributed by atoms with van der Waals surface area (Å²) in [5.74, 6) is 2.37. The van der Waals surface area contributed by atoms with E-state index < -0.39 is 0 Å². The second-order valence-electron chi connectivity index (χ2n) is 7.23. The van der Waals surface area contributed by atoms with Crippen LogP contribution in [0.5, 0.6) is 17.2 Å². The number of hydrogen-bond acceptors (Lipinski definition) is 6. The number of benzene rings is 2. The number of fused-ring (bicyclic) bond motifs is 1. The third kappa shape index (κ3) is 4.45. The first-order chi connectivity index (χ1) is 14.3. The van der Waals surface area contributed by atoms with Gasteiger partial charge in [0.05, 0.1) is 26.3 Å². The largest absolute Gasteiger partial charge is 0.497 e. The summed E-state index contributed by atoms with van der Waals surface area (Å²) in [7, 11) is 3.06. The molecule has 0 aliphatic heterocycles. The zero-order valence-electron chi connectivity index (χ0n) is 17.9. The molecular weight excluding hydrogens is 384 g/mol. The molecule has 30 heavy (non-hydrogen) atoms. The van der Waals surface area contributed by atoms with Crippen LogP contribution in [0.1, 0.15) is 30.9 Å². The molecular formula is C23H26N2O5. The minimum absolute atomic E-state index is 0.155. The van der Waals surface area contributed by atoms with E-state index >= 15 is 0 Å². The van der Waals surface area contributed by atoms with Gasteiger partial charge in [0.1, 0.15) is 34.2 Å². The van der Waals surface area contributed by atoms with Crippen LogP contribution >= 0.6 is 0 Å². The molecule has 0 atom stereocenters. The fraction of sp³-hybridized carbons (Fsp3) is 0.348. The van der Waals surface area contributed by atoms with Crippen molar-refractivity contribution in [1.82, 2.24) is 9.97 Å². The van der Waals surface area contributed by atoms with E-state index in [0.29, 0.717) is 47.7 Å². The average molecular weight is 410 g/mol. The quantitative estimate of drug-likeness (QED) is 0.565. The number of aromatic nitrogens is 2. The molecule has 0 saturated carbocycles. The summed E-state index contributed by atoms with van der Waals surface area (Å²) in [5.41, 5.74) is 2.85. The monoisotopic (exact) mass is 410 g/mol. The van der Waals surface area contributed by atoms with Gasteiger partial charge in [0.2, 0.25) is 0 Å². The van der Waals surface area contributed by atoms with Crippen LogP contribution < -0.4 is 19.8 Å². The Morgan fingerprint density at radius 1 is 1.07 bits per heavy atom. The smallest absolute Gasteiger partial charge is 0.262 e. The van der Waals surface area contributed by atoms with Crippen molar-refractivity contribution >= 4 is 16.7 Å². The Hall–Kier alpha value is -3.35. The van der Waals surface area contributed by atoms with Crippen LogP contribution in [0.25, 0.3) is 22.3 Å². The van der Waals surface area contributed by atoms with Crippen molar-refractivity contribution in [2.75, 3.05) is 20.8 Å². The SMILES string of the molecule is COc1cc(OC)c2c(=O)[nH]c(-c3cc(C)c(OCCCC(C)=O)c(C)c3)nc2c1. The zero-order valence-corrected chi connectivity index (χ0v) is 17.9. The molecule has 2 aromatic carbocycles. The average Bonchev–Trinajstić information content (AvgIpc) is 2.71. The van der Waals surface area contributed by atoms with Gasteiger partial charge < -0.3 is 24.0 Å². The summed E-state index contributed by atoms with van der Waals surface area (Å²) in [4.78, 5) is 31.3. The van der Waals surface area contributed by atoms with Crippen LogP contribution in [0, 0.1) is 13.8 Å². The van der Waals surface area contributed by atoms with E-state index in [1.54, 1.807) is 26.2 Å². The van der Waals surface area contributed by atoms with Crippen molar-refractivity contribution in [2.24, 2.45) is 0 Å². The lowest BCUT2D eigenvalue weighted by Crippen LogP contribution is -2.11. The van der Waals surface area contributed by atoms with Gasteiger partial charge >= 0.3 is 0 Å². The Balaban J connectivity index is 1.99. The van der Waals surface area contributed by atoms with E-state index in [1.165, 1.54) is 7.11 Å². The fourth-order valence-electron chi connectivity index (χ4n) is 3.44. The number of carbonyl (C=O) groups excluding carboxylic acids is 1. The molecule has 7 heteroatoms. The van der Waals surface area contributed by atoms with Crippen molar-refractivity contribution in [2.45, 2.75) is 33.6 Å². The first kappa shape index (κ1) is 21.4. The van der Waals surface area contributed by atoms with Crippen LogP contribution in [0.15, 0.2) is 29.1 Å². The molecule has 0 aliphatic carbocycles. The zero-order chi connectivity index (χ0) is 21.8. The van der Waals surface area contributed by atoms with Crippen molar-refractivity contribution in [3.05, 3.63) is 45.7 Å². The number of methoxy groups -OCH3 is 2. The number of hydrogen-bond donors (Lipinski definition) is 1. The molecule has 7 nitrogen and oxygen atoms in total. The molecule has 1 heterocycles. The molecule has 158 valence electrons. The number of ether oxygens (including phenoxy) is 3. The topological polar surface area (TPSA) is 90.5 Å². The summed E-state index contributed by atoms with van der Waals surface area (Å²) >= 11 is 0. The molecule has 0 bridgehead atoms. The molecule has 0 fully saturated rings. The number of ketones is 1. The maximum Gasteiger partial charge on any atom is 0.262 e. The number of aryl methyl sites for hydroxylation is 2. The molecule has 0 saturated heterocycles. The van der Waals surface area contributed by atoms with Crippen LogP contribution in [0.4, 0.5) is 0 Å². The second-order valence-corrected chi connectivity index (χ2v) is 7.23. The van der Waals surface area contributed by atoms with Crippen LogP contribution in [-0.4, -0.2) is 36.6 Å². The minimum atomic E-state index is -0.283. The number of H-pyrrole nitrogens is 1. The molecule has 1 N–H and O–H groups in total. The van der Waals surface area contributed by atoms with Gasteiger partial charge in [-0.3, -0.25) is 4.79 Å². The standard InChI is InChI=1S/C23H26N2O5/c1-13-9-16(10-14(2)21(13)30-8-6-7-15(3)26)22-24-18-11-17(28-4)12-19(29-5)20(18)23(27)25-22/h9-12H,6-8H2,1-5H3,(H,24,25,27). The fourth-order valence-corrected chi connectivity index (χ4v) is 3.44. The molecule has 0 amide bonds. The van der Waals surface area contributed by atoms with Gasteiger partial charge in [-0.05, 0) is 50.5 Å². The highest BCUT2D eigenvalue weighted by Crippen LogP contribution is 2.31. The van der Waals surface area contributed by atoms with Crippen LogP contribution in [-0.2, 0) is 4.79 Å². The molecule has 0 unspecified atom stereocenters. The Labute approximate surface area is 175 Å². The number of nitrogens with one attached hydrogen (secondary N) is 1. The van der Waals surface area contributed by atoms with Crippen molar-refractivity contribution in [3.8, 4) is 28.6 Å². The van der Waals surface area contributed by atoms with E-state index in [2.05, 4.69) is 9.97 Å². The van der Waals surface area contributed by atoms with Gasteiger partial charge in [0.15, 0.2) is 0 Å². The third-order valence-corrected chi connectivity index (χ3v) is 4.86. The summed E-state index contributed by atoms with van der Waals surface area (Å²) in [5, 5.41) is 0.376. The maximum atomic E-state index is 12.7. The highest BCUT2D eigenvalue weighted by Gasteiger charge is 2.15. The number of nitrogens with zero attached hydrogens (tertiary/aromatic N) is 1. The number of Topliss-reactive ketones (excluding diaryl/α,β-unsaturated/α-hetero) is 1. The second kappa shape index (κ2) is 8.98. The Bertz CT molecular complexity index is 1130. The minimum Gasteiger partial charge on any atom is -0.497 e. The summed E-state index contributed by atoms with van der Waals surface area (Å²) in [6.07, 6.45) is 1.19. The predicted octanol–water partition coefficient (Wildman–Crippen LogP) is 3.97. The summed E-state index contributed by atoms with van der Waals surface area (Å²) in [6, 6.07) is 7.22. The first-order valence-electron chi connectivity index (χ1n) is 9.74. The number of rotatable bonds is 8. The number of aromatic amines is 1. The molecule has 3 aromatic rings. The van der Waals surface area contributed by atoms with E-state index in [-0.39, 0.29) is 11.3 Å². The highest BCUT2D eigenvalue weighted by atomic mass is 16.5. The molecule has 0 aliphatic rings. The molecule has 3 rings (SSSR count). The number of carbonyl (C=O) groups is 1. The lowest BCUT2D eigenvalue weighted by Gasteiger charge is -2.14. The van der Waals surface area contributed by atoms with E-state index in [1.807, 2.05) is 26.0 Å². The lowest BCUT2D eigenvalue weighted by molar-refractivity contribution is -0.117. The van der Waals surface area contributed by atoms with Crippen LogP contribution in [0.2, 0.25) is 0 Å². The molecule has 0 radical (unpaired) electrons. The highest BCUT2D eigenvalue weighted by molar-refractivity contribution is 5.87. The maximum absolute atomic E-state index is 12.7. The van der Waals surface area contributed by atoms with Gasteiger partial charge in [0.25, 0.3) is 5.56 Å². The van der Waals surface area contributed by atoms with Gasteiger partial charge in [-0.25, -0.2) is 4.98 Å². The third-order valence-electron chi connectivity index (χ3n) is 4.86.